The number of nitrogens with one attached hydrogen (secondary N) is 2. The first-order valence-corrected chi connectivity index (χ1v) is 6.52. The van der Waals surface area contributed by atoms with E-state index in [9.17, 15) is 14.4 Å². The molecule has 2 fully saturated rings. The van der Waals surface area contributed by atoms with Crippen LogP contribution in [0.3, 0.4) is 0 Å². The fourth-order valence-electron chi connectivity index (χ4n) is 2.66. The molecule has 7 heteroatoms. The molecule has 2 atom stereocenters. The van der Waals surface area contributed by atoms with Gasteiger partial charge in [-0.3, -0.25) is 14.9 Å². The van der Waals surface area contributed by atoms with E-state index in [1.807, 2.05) is 13.8 Å². The van der Waals surface area contributed by atoms with Crippen molar-refractivity contribution in [2.75, 3.05) is 13.1 Å². The number of likely N-dealkylation sites (tertiary alicyclic amines) is 1. The van der Waals surface area contributed by atoms with Crippen LogP contribution in [0.15, 0.2) is 0 Å². The van der Waals surface area contributed by atoms with E-state index in [0.29, 0.717) is 25.3 Å². The summed E-state index contributed by atoms with van der Waals surface area (Å²) >= 11 is 0. The molecule has 106 valence electrons. The third-order valence-electron chi connectivity index (χ3n) is 3.64. The number of amides is 4. The maximum atomic E-state index is 12.2. The van der Waals surface area contributed by atoms with Crippen molar-refractivity contribution in [2.45, 2.75) is 38.3 Å². The zero-order valence-corrected chi connectivity index (χ0v) is 11.2. The Hall–Kier alpha value is -1.63. The second-order valence-corrected chi connectivity index (χ2v) is 5.74. The van der Waals surface area contributed by atoms with E-state index >= 15 is 0 Å². The summed E-state index contributed by atoms with van der Waals surface area (Å²) in [6, 6.07) is -1.04. The van der Waals surface area contributed by atoms with Gasteiger partial charge < -0.3 is 16.0 Å². The Morgan fingerprint density at radius 3 is 2.68 bits per heavy atom. The topological polar surface area (TPSA) is 105 Å². The minimum absolute atomic E-state index is 0.153. The van der Waals surface area contributed by atoms with Gasteiger partial charge in [0.25, 0.3) is 5.91 Å². The Bertz CT molecular complexity index is 423. The molecule has 2 aliphatic rings. The van der Waals surface area contributed by atoms with Crippen molar-refractivity contribution in [3.63, 3.8) is 0 Å². The lowest BCUT2D eigenvalue weighted by atomic mass is 9.99. The standard InChI is InChI=1S/C12H20N4O3/c1-7(2)5-8(13)9(17)16-4-3-12(6-16)10(18)14-11(19)15-12/h7-8H,3-6,13H2,1-2H3,(H2,14,15,18,19)/t8-,12?/m1/s1. The first-order chi connectivity index (χ1) is 8.84. The van der Waals surface area contributed by atoms with Crippen molar-refractivity contribution in [1.82, 2.24) is 15.5 Å². The van der Waals surface area contributed by atoms with Crippen LogP contribution in [0.25, 0.3) is 0 Å². The highest BCUT2D eigenvalue weighted by molar-refractivity contribution is 6.07. The molecule has 0 bridgehead atoms. The normalized spacial score (nSPS) is 27.9. The molecule has 1 spiro atoms. The zero-order chi connectivity index (χ0) is 14.2. The molecular weight excluding hydrogens is 248 g/mol. The minimum Gasteiger partial charge on any atom is -0.338 e. The second kappa shape index (κ2) is 4.80. The van der Waals surface area contributed by atoms with Crippen LogP contribution in [0.1, 0.15) is 26.7 Å². The Kier molecular flexibility index (Phi) is 3.49. The number of carbonyl (C=O) groups excluding carboxylic acids is 3. The van der Waals surface area contributed by atoms with Crippen LogP contribution in [-0.2, 0) is 9.59 Å². The van der Waals surface area contributed by atoms with E-state index < -0.39 is 17.6 Å². The van der Waals surface area contributed by atoms with Crippen LogP contribution in [0.5, 0.6) is 0 Å². The highest BCUT2D eigenvalue weighted by Gasteiger charge is 2.51. The van der Waals surface area contributed by atoms with Crippen molar-refractivity contribution in [3.05, 3.63) is 0 Å². The number of nitrogens with zero attached hydrogens (tertiary/aromatic N) is 1. The molecule has 19 heavy (non-hydrogen) atoms. The van der Waals surface area contributed by atoms with Gasteiger partial charge in [0.05, 0.1) is 12.6 Å². The van der Waals surface area contributed by atoms with Gasteiger partial charge >= 0.3 is 6.03 Å². The van der Waals surface area contributed by atoms with Gasteiger partial charge in [-0.1, -0.05) is 13.8 Å². The second-order valence-electron chi connectivity index (χ2n) is 5.74. The van der Waals surface area contributed by atoms with Crippen molar-refractivity contribution < 1.29 is 14.4 Å². The van der Waals surface area contributed by atoms with Crippen LogP contribution in [0.4, 0.5) is 4.79 Å². The van der Waals surface area contributed by atoms with Crippen molar-refractivity contribution >= 4 is 17.8 Å². The van der Waals surface area contributed by atoms with Crippen molar-refractivity contribution in [2.24, 2.45) is 11.7 Å². The van der Waals surface area contributed by atoms with Crippen molar-refractivity contribution in [3.8, 4) is 0 Å². The highest BCUT2D eigenvalue weighted by Crippen LogP contribution is 2.25. The summed E-state index contributed by atoms with van der Waals surface area (Å²) in [6.45, 7) is 4.65. The van der Waals surface area contributed by atoms with Crippen LogP contribution in [-0.4, -0.2) is 47.4 Å². The first kappa shape index (κ1) is 13.8. The van der Waals surface area contributed by atoms with Gasteiger partial charge in [-0.05, 0) is 18.8 Å². The van der Waals surface area contributed by atoms with Gasteiger partial charge in [0, 0.05) is 6.54 Å². The van der Waals surface area contributed by atoms with Crippen LogP contribution in [0.2, 0.25) is 0 Å². The Labute approximate surface area is 111 Å². The lowest BCUT2D eigenvalue weighted by Gasteiger charge is -2.24. The third kappa shape index (κ3) is 2.56. The lowest BCUT2D eigenvalue weighted by Crippen LogP contribution is -2.51. The Morgan fingerprint density at radius 1 is 1.47 bits per heavy atom. The fourth-order valence-corrected chi connectivity index (χ4v) is 2.66. The molecule has 0 aromatic heterocycles. The molecule has 2 aliphatic heterocycles. The molecule has 0 aliphatic carbocycles. The van der Waals surface area contributed by atoms with Gasteiger partial charge in [0.1, 0.15) is 5.54 Å². The number of nitrogens with two attached hydrogens (primary N) is 1. The zero-order valence-electron chi connectivity index (χ0n) is 11.2. The lowest BCUT2D eigenvalue weighted by molar-refractivity contribution is -0.132. The van der Waals surface area contributed by atoms with Gasteiger partial charge in [-0.2, -0.15) is 0 Å². The molecule has 7 nitrogen and oxygen atoms in total. The van der Waals surface area contributed by atoms with E-state index in [-0.39, 0.29) is 18.4 Å². The molecule has 1 unspecified atom stereocenters. The van der Waals surface area contributed by atoms with Gasteiger partial charge in [-0.15, -0.1) is 0 Å². The number of urea groups is 1. The van der Waals surface area contributed by atoms with E-state index in [1.54, 1.807) is 4.90 Å². The Balaban J connectivity index is 2.00. The van der Waals surface area contributed by atoms with Crippen LogP contribution >= 0.6 is 0 Å². The molecule has 0 aromatic carbocycles. The number of imide groups is 1. The van der Waals surface area contributed by atoms with E-state index in [0.717, 1.165) is 0 Å². The minimum atomic E-state index is -0.954. The molecular formula is C12H20N4O3. The third-order valence-corrected chi connectivity index (χ3v) is 3.64. The summed E-state index contributed by atoms with van der Waals surface area (Å²) in [5, 5.41) is 4.82. The fraction of sp³-hybridized carbons (Fsp3) is 0.750. The van der Waals surface area contributed by atoms with E-state index in [2.05, 4.69) is 10.6 Å². The average molecular weight is 268 g/mol. The van der Waals surface area contributed by atoms with Gasteiger partial charge in [-0.25, -0.2) is 4.79 Å². The number of rotatable bonds is 3. The van der Waals surface area contributed by atoms with E-state index in [1.165, 1.54) is 0 Å². The molecule has 0 aromatic rings. The van der Waals surface area contributed by atoms with Gasteiger partial charge in [0.2, 0.25) is 5.91 Å². The average Bonchev–Trinajstić information content (AvgIpc) is 2.83. The first-order valence-electron chi connectivity index (χ1n) is 6.52. The van der Waals surface area contributed by atoms with Crippen LogP contribution < -0.4 is 16.4 Å². The summed E-state index contributed by atoms with van der Waals surface area (Å²) in [5.41, 5.74) is 4.91. The predicted molar refractivity (Wildman–Crippen MR) is 68.0 cm³/mol. The number of hydrogen-bond acceptors (Lipinski definition) is 4. The molecule has 0 saturated carbocycles. The summed E-state index contributed by atoms with van der Waals surface area (Å²) in [7, 11) is 0. The summed E-state index contributed by atoms with van der Waals surface area (Å²) in [6.07, 6.45) is 1.05. The van der Waals surface area contributed by atoms with E-state index in [4.69, 9.17) is 5.73 Å². The quantitative estimate of drug-likeness (QED) is 0.581. The summed E-state index contributed by atoms with van der Waals surface area (Å²) in [4.78, 5) is 36.7. The summed E-state index contributed by atoms with van der Waals surface area (Å²) in [5.74, 6) is -0.172. The molecule has 4 amide bonds. The number of carbonyl (C=O) groups is 3. The molecule has 4 N–H and O–H groups in total. The monoisotopic (exact) mass is 268 g/mol. The van der Waals surface area contributed by atoms with Crippen molar-refractivity contribution in [1.29, 1.82) is 0 Å². The number of hydrogen-bond donors (Lipinski definition) is 3. The maximum Gasteiger partial charge on any atom is 0.322 e. The van der Waals surface area contributed by atoms with Gasteiger partial charge in [0.15, 0.2) is 0 Å². The predicted octanol–water partition coefficient (Wildman–Crippen LogP) is -0.830. The largest absolute Gasteiger partial charge is 0.338 e. The Morgan fingerprint density at radius 2 is 2.16 bits per heavy atom. The molecule has 2 heterocycles. The molecule has 2 saturated heterocycles. The highest BCUT2D eigenvalue weighted by atomic mass is 16.2. The SMILES string of the molecule is CC(C)C[C@@H](N)C(=O)N1CCC2(C1)NC(=O)NC2=O. The smallest absolute Gasteiger partial charge is 0.322 e. The summed E-state index contributed by atoms with van der Waals surface area (Å²) < 4.78 is 0. The van der Waals surface area contributed by atoms with Crippen LogP contribution in [0, 0.1) is 5.92 Å². The molecule has 2 rings (SSSR count). The molecule has 0 radical (unpaired) electrons. The maximum absolute atomic E-state index is 12.2.